The summed E-state index contributed by atoms with van der Waals surface area (Å²) >= 11 is 0. The first kappa shape index (κ1) is 23.0. The number of ether oxygens (including phenoxy) is 1. The second-order valence-corrected chi connectivity index (χ2v) is 6.39. The van der Waals surface area contributed by atoms with Gasteiger partial charge in [0.25, 0.3) is 5.91 Å². The normalized spacial score (nSPS) is 12.0. The fourth-order valence-corrected chi connectivity index (χ4v) is 3.07. The molecule has 1 amide bonds. The molecule has 168 valence electrons. The summed E-state index contributed by atoms with van der Waals surface area (Å²) in [7, 11) is 0. The van der Waals surface area contributed by atoms with Crippen molar-refractivity contribution >= 4 is 22.6 Å². The first-order valence-corrected chi connectivity index (χ1v) is 8.96. The summed E-state index contributed by atoms with van der Waals surface area (Å²) < 4.78 is 104. The Bertz CT molecular complexity index is 1220. The van der Waals surface area contributed by atoms with Crippen molar-refractivity contribution < 1.29 is 45.1 Å². The largest absolute Gasteiger partial charge is 0.464 e. The zero-order valence-electron chi connectivity index (χ0n) is 16.0. The second-order valence-electron chi connectivity index (χ2n) is 6.39. The number of carbonyl (C=O) groups is 2. The summed E-state index contributed by atoms with van der Waals surface area (Å²) in [5.74, 6) is -19.1. The molecule has 0 radical (unpaired) electrons. The lowest BCUT2D eigenvalue weighted by molar-refractivity contribution is -0.145. The van der Waals surface area contributed by atoms with Crippen molar-refractivity contribution in [1.82, 2.24) is 5.32 Å². The highest BCUT2D eigenvalue weighted by atomic mass is 19.2. The molecule has 0 aliphatic heterocycles. The van der Waals surface area contributed by atoms with Crippen LogP contribution in [0.3, 0.4) is 0 Å². The van der Waals surface area contributed by atoms with E-state index in [-0.39, 0.29) is 12.2 Å². The minimum Gasteiger partial charge on any atom is -0.464 e. The molecule has 0 aromatic heterocycles. The van der Waals surface area contributed by atoms with Gasteiger partial charge < -0.3 is 10.1 Å². The van der Waals surface area contributed by atoms with Gasteiger partial charge in [0.05, 0.1) is 12.0 Å². The van der Waals surface area contributed by atoms with E-state index in [1.165, 1.54) is 37.3 Å². The number of fused-ring (bicyclic) bond motifs is 1. The van der Waals surface area contributed by atoms with Crippen molar-refractivity contribution in [2.24, 2.45) is 0 Å². The number of halogens is 7. The molecule has 4 nitrogen and oxygen atoms in total. The maximum atomic E-state index is 14.8. The van der Waals surface area contributed by atoms with Crippen LogP contribution < -0.4 is 5.32 Å². The summed E-state index contributed by atoms with van der Waals surface area (Å²) in [5, 5.41) is -1.44. The molecule has 1 atom stereocenters. The van der Waals surface area contributed by atoms with Crippen LogP contribution in [0.4, 0.5) is 30.7 Å². The van der Waals surface area contributed by atoms with Crippen LogP contribution in [0.2, 0.25) is 0 Å². The van der Waals surface area contributed by atoms with Gasteiger partial charge in [-0.15, -0.1) is 0 Å². The second kappa shape index (κ2) is 8.85. The molecule has 0 spiro atoms. The quantitative estimate of drug-likeness (QED) is 0.257. The Morgan fingerprint density at radius 2 is 1.28 bits per heavy atom. The molecule has 3 aromatic carbocycles. The maximum Gasteiger partial charge on any atom is 0.333 e. The SMILES string of the molecule is CCOC(=O)C(NC(=O)c1ccccc1)c1c(F)c(F)c(F)c2c(F)c(F)c(F)c(F)c12. The average Bonchev–Trinajstić information content (AvgIpc) is 2.79. The van der Waals surface area contributed by atoms with E-state index in [1.54, 1.807) is 0 Å². The standard InChI is InChI=1S/C21H12F7NO3/c1-2-32-21(31)19(29-20(30)8-6-4-3-5-7-8)11-9-10(13(23)16(26)15(11)25)14(24)18(28)17(27)12(9)22/h3-7,19H,2H2,1H3,(H,29,30). The van der Waals surface area contributed by atoms with Gasteiger partial charge in [-0.1, -0.05) is 18.2 Å². The fourth-order valence-electron chi connectivity index (χ4n) is 3.07. The molecule has 1 N–H and O–H groups in total. The third-order valence-electron chi connectivity index (χ3n) is 4.50. The number of hydrogen-bond acceptors (Lipinski definition) is 3. The first-order valence-electron chi connectivity index (χ1n) is 8.96. The van der Waals surface area contributed by atoms with Crippen LogP contribution in [0.15, 0.2) is 30.3 Å². The molecule has 1 unspecified atom stereocenters. The molecule has 0 fully saturated rings. The molecule has 0 saturated heterocycles. The molecule has 11 heteroatoms. The van der Waals surface area contributed by atoms with Gasteiger partial charge >= 0.3 is 5.97 Å². The summed E-state index contributed by atoms with van der Waals surface area (Å²) in [5.41, 5.74) is -1.56. The zero-order chi connectivity index (χ0) is 23.7. The lowest BCUT2D eigenvalue weighted by Gasteiger charge is -2.21. The van der Waals surface area contributed by atoms with E-state index in [1.807, 2.05) is 5.32 Å². The van der Waals surface area contributed by atoms with E-state index in [4.69, 9.17) is 0 Å². The number of esters is 1. The van der Waals surface area contributed by atoms with E-state index in [0.29, 0.717) is 0 Å². The predicted octanol–water partition coefficient (Wildman–Crippen LogP) is 4.85. The van der Waals surface area contributed by atoms with Gasteiger partial charge in [-0.05, 0) is 19.1 Å². The summed E-state index contributed by atoms with van der Waals surface area (Å²) in [6.45, 7) is 0.961. The van der Waals surface area contributed by atoms with Crippen LogP contribution >= 0.6 is 0 Å². The van der Waals surface area contributed by atoms with Crippen LogP contribution in [0.5, 0.6) is 0 Å². The van der Waals surface area contributed by atoms with Crippen molar-refractivity contribution in [3.05, 3.63) is 82.2 Å². The van der Waals surface area contributed by atoms with E-state index in [2.05, 4.69) is 4.74 Å². The highest BCUT2D eigenvalue weighted by Gasteiger charge is 2.37. The topological polar surface area (TPSA) is 55.4 Å². The summed E-state index contributed by atoms with van der Waals surface area (Å²) in [6.07, 6.45) is 0. The van der Waals surface area contributed by atoms with E-state index in [0.717, 1.165) is 0 Å². The number of amides is 1. The number of hydrogen-bond donors (Lipinski definition) is 1. The highest BCUT2D eigenvalue weighted by Crippen LogP contribution is 2.37. The Morgan fingerprint density at radius 3 is 1.81 bits per heavy atom. The molecule has 0 aliphatic rings. The third-order valence-corrected chi connectivity index (χ3v) is 4.50. The number of nitrogens with one attached hydrogen (secondary N) is 1. The first-order chi connectivity index (χ1) is 15.1. The smallest absolute Gasteiger partial charge is 0.333 e. The molecule has 32 heavy (non-hydrogen) atoms. The molecule has 0 heterocycles. The van der Waals surface area contributed by atoms with Gasteiger partial charge in [-0.25, -0.2) is 35.5 Å². The molecule has 0 saturated carbocycles. The molecular formula is C21H12F7NO3. The number of carbonyl (C=O) groups excluding carboxylic acids is 2. The van der Waals surface area contributed by atoms with Crippen LogP contribution in [0.25, 0.3) is 10.8 Å². The maximum absolute atomic E-state index is 14.8. The van der Waals surface area contributed by atoms with Crippen molar-refractivity contribution in [1.29, 1.82) is 0 Å². The van der Waals surface area contributed by atoms with Crippen LogP contribution in [0, 0.1) is 40.7 Å². The van der Waals surface area contributed by atoms with Crippen LogP contribution in [0.1, 0.15) is 28.9 Å². The minimum atomic E-state index is -2.48. The van der Waals surface area contributed by atoms with Gasteiger partial charge in [-0.2, -0.15) is 0 Å². The van der Waals surface area contributed by atoms with E-state index >= 15 is 0 Å². The Kier molecular flexibility index (Phi) is 6.37. The van der Waals surface area contributed by atoms with Crippen LogP contribution in [-0.4, -0.2) is 18.5 Å². The molecule has 3 aromatic rings. The van der Waals surface area contributed by atoms with Crippen molar-refractivity contribution in [3.8, 4) is 0 Å². The third kappa shape index (κ3) is 3.74. The Morgan fingerprint density at radius 1 is 0.781 bits per heavy atom. The number of benzene rings is 3. The predicted molar refractivity (Wildman–Crippen MR) is 96.9 cm³/mol. The highest BCUT2D eigenvalue weighted by molar-refractivity contribution is 5.99. The van der Waals surface area contributed by atoms with Crippen molar-refractivity contribution in [3.63, 3.8) is 0 Å². The van der Waals surface area contributed by atoms with Gasteiger partial charge in [-0.3, -0.25) is 4.79 Å². The fraction of sp³-hybridized carbons (Fsp3) is 0.143. The zero-order valence-corrected chi connectivity index (χ0v) is 16.0. The van der Waals surface area contributed by atoms with Gasteiger partial charge in [0.2, 0.25) is 0 Å². The van der Waals surface area contributed by atoms with E-state index in [9.17, 15) is 40.3 Å². The van der Waals surface area contributed by atoms with Gasteiger partial charge in [0.15, 0.2) is 46.8 Å². The summed E-state index contributed by atoms with van der Waals surface area (Å²) in [6, 6.07) is 4.56. The van der Waals surface area contributed by atoms with Crippen molar-refractivity contribution in [2.75, 3.05) is 6.61 Å². The molecular weight excluding hydrogens is 447 g/mol. The summed E-state index contributed by atoms with van der Waals surface area (Å²) in [4.78, 5) is 24.9. The Labute approximate surface area is 175 Å². The monoisotopic (exact) mass is 459 g/mol. The Balaban J connectivity index is 2.35. The lowest BCUT2D eigenvalue weighted by Crippen LogP contribution is -2.36. The molecule has 0 aliphatic carbocycles. The van der Waals surface area contributed by atoms with Crippen LogP contribution in [-0.2, 0) is 9.53 Å². The van der Waals surface area contributed by atoms with E-state index < -0.39 is 75.0 Å². The van der Waals surface area contributed by atoms with Crippen molar-refractivity contribution in [2.45, 2.75) is 13.0 Å². The molecule has 0 bridgehead atoms. The number of rotatable bonds is 5. The van der Waals surface area contributed by atoms with Gasteiger partial charge in [0, 0.05) is 16.5 Å². The average molecular weight is 459 g/mol. The Hall–Kier alpha value is -3.63. The lowest BCUT2D eigenvalue weighted by atomic mass is 9.95. The van der Waals surface area contributed by atoms with Gasteiger partial charge in [0.1, 0.15) is 0 Å². The minimum absolute atomic E-state index is 0.0852. The molecule has 3 rings (SSSR count).